The van der Waals surface area contributed by atoms with Crippen LogP contribution in [-0.2, 0) is 11.2 Å². The molecule has 0 saturated carbocycles. The Hall–Kier alpha value is -1.94. The van der Waals surface area contributed by atoms with Crippen LogP contribution >= 0.6 is 15.9 Å². The first-order valence-corrected chi connectivity index (χ1v) is 7.61. The summed E-state index contributed by atoms with van der Waals surface area (Å²) in [5.74, 6) is 0.130. The average molecular weight is 344 g/mol. The number of fused-ring (bicyclic) bond motifs is 1. The molecule has 0 bridgehead atoms. The van der Waals surface area contributed by atoms with Crippen LogP contribution in [0.25, 0.3) is 0 Å². The standard InChI is InChI=1S/C17H14BrNO2/c18-13-5-3-4-12(10-13)11-17(21)19-9-8-16(20)14-6-1-2-7-15(14)19/h1-7,10H,8-9,11H2. The molecule has 0 unspecified atom stereocenters. The van der Waals surface area contributed by atoms with Crippen LogP contribution in [0.3, 0.4) is 0 Å². The average Bonchev–Trinajstić information content (AvgIpc) is 2.48. The molecule has 1 aliphatic heterocycles. The Morgan fingerprint density at radius 3 is 2.76 bits per heavy atom. The minimum atomic E-state index is 0.0213. The van der Waals surface area contributed by atoms with E-state index in [0.717, 1.165) is 15.7 Å². The lowest BCUT2D eigenvalue weighted by Crippen LogP contribution is -2.38. The number of Topliss-reactive ketones (excluding diaryl/α,β-unsaturated/α-hetero) is 1. The number of anilines is 1. The van der Waals surface area contributed by atoms with Crippen molar-refractivity contribution in [1.29, 1.82) is 0 Å². The Morgan fingerprint density at radius 1 is 1.14 bits per heavy atom. The number of halogens is 1. The van der Waals surface area contributed by atoms with Crippen LogP contribution in [0.5, 0.6) is 0 Å². The van der Waals surface area contributed by atoms with E-state index in [1.165, 1.54) is 0 Å². The summed E-state index contributed by atoms with van der Waals surface area (Å²) in [6.07, 6.45) is 0.725. The van der Waals surface area contributed by atoms with Gasteiger partial charge in [-0.15, -0.1) is 0 Å². The third-order valence-electron chi connectivity index (χ3n) is 3.60. The molecular weight excluding hydrogens is 330 g/mol. The molecule has 3 rings (SSSR count). The molecule has 0 fully saturated rings. The SMILES string of the molecule is O=C1CCN(C(=O)Cc2cccc(Br)c2)c2ccccc21. The maximum atomic E-state index is 12.5. The van der Waals surface area contributed by atoms with Gasteiger partial charge in [-0.25, -0.2) is 0 Å². The summed E-state index contributed by atoms with van der Waals surface area (Å²) in [5.41, 5.74) is 2.34. The lowest BCUT2D eigenvalue weighted by atomic mass is 9.99. The molecule has 1 heterocycles. The van der Waals surface area contributed by atoms with Gasteiger partial charge in [0, 0.05) is 23.0 Å². The van der Waals surface area contributed by atoms with Crippen LogP contribution in [0, 0.1) is 0 Å². The first-order chi connectivity index (χ1) is 10.1. The van der Waals surface area contributed by atoms with E-state index >= 15 is 0 Å². The van der Waals surface area contributed by atoms with Gasteiger partial charge in [0.25, 0.3) is 0 Å². The first-order valence-electron chi connectivity index (χ1n) is 6.82. The van der Waals surface area contributed by atoms with E-state index in [1.807, 2.05) is 42.5 Å². The van der Waals surface area contributed by atoms with Crippen molar-refractivity contribution in [3.63, 3.8) is 0 Å². The summed E-state index contributed by atoms with van der Waals surface area (Å²) >= 11 is 3.41. The van der Waals surface area contributed by atoms with Crippen molar-refractivity contribution >= 4 is 33.3 Å². The number of hydrogen-bond acceptors (Lipinski definition) is 2. The molecule has 0 aliphatic carbocycles. The molecule has 0 spiro atoms. The van der Waals surface area contributed by atoms with Gasteiger partial charge in [0.2, 0.25) is 5.91 Å². The highest BCUT2D eigenvalue weighted by molar-refractivity contribution is 9.10. The summed E-state index contributed by atoms with van der Waals surface area (Å²) in [6, 6.07) is 15.0. The monoisotopic (exact) mass is 343 g/mol. The number of ketones is 1. The zero-order valence-corrected chi connectivity index (χ0v) is 13.0. The smallest absolute Gasteiger partial charge is 0.231 e. The topological polar surface area (TPSA) is 37.4 Å². The molecular formula is C17H14BrNO2. The molecule has 4 heteroatoms. The number of carbonyl (C=O) groups excluding carboxylic acids is 2. The van der Waals surface area contributed by atoms with Gasteiger partial charge >= 0.3 is 0 Å². The minimum Gasteiger partial charge on any atom is -0.311 e. The first kappa shape index (κ1) is 14.0. The Balaban J connectivity index is 1.86. The largest absolute Gasteiger partial charge is 0.311 e. The summed E-state index contributed by atoms with van der Waals surface area (Å²) < 4.78 is 0.960. The fourth-order valence-electron chi connectivity index (χ4n) is 2.59. The van der Waals surface area contributed by atoms with Crippen LogP contribution in [0.4, 0.5) is 5.69 Å². The van der Waals surface area contributed by atoms with Gasteiger partial charge in [-0.1, -0.05) is 40.2 Å². The van der Waals surface area contributed by atoms with E-state index in [9.17, 15) is 9.59 Å². The molecule has 0 atom stereocenters. The van der Waals surface area contributed by atoms with Crippen molar-refractivity contribution in [3.05, 3.63) is 64.1 Å². The number of benzene rings is 2. The zero-order valence-electron chi connectivity index (χ0n) is 11.4. The Kier molecular flexibility index (Phi) is 3.88. The Bertz CT molecular complexity index is 711. The summed E-state index contributed by atoms with van der Waals surface area (Å²) in [6.45, 7) is 0.461. The van der Waals surface area contributed by atoms with Crippen LogP contribution in [0.15, 0.2) is 53.0 Å². The maximum absolute atomic E-state index is 12.5. The second-order valence-corrected chi connectivity index (χ2v) is 5.96. The maximum Gasteiger partial charge on any atom is 0.231 e. The van der Waals surface area contributed by atoms with Gasteiger partial charge in [-0.05, 0) is 29.8 Å². The number of nitrogens with zero attached hydrogens (tertiary/aromatic N) is 1. The van der Waals surface area contributed by atoms with Crippen LogP contribution in [-0.4, -0.2) is 18.2 Å². The quantitative estimate of drug-likeness (QED) is 0.835. The van der Waals surface area contributed by atoms with Crippen LogP contribution in [0.1, 0.15) is 22.3 Å². The lowest BCUT2D eigenvalue weighted by Gasteiger charge is -2.28. The molecule has 1 amide bonds. The fourth-order valence-corrected chi connectivity index (χ4v) is 3.04. The van der Waals surface area contributed by atoms with E-state index in [0.29, 0.717) is 24.9 Å². The molecule has 0 aromatic heterocycles. The van der Waals surface area contributed by atoms with E-state index < -0.39 is 0 Å². The highest BCUT2D eigenvalue weighted by Crippen LogP contribution is 2.27. The van der Waals surface area contributed by atoms with E-state index in [1.54, 1.807) is 11.0 Å². The van der Waals surface area contributed by atoms with Crippen molar-refractivity contribution < 1.29 is 9.59 Å². The molecule has 106 valence electrons. The summed E-state index contributed by atoms with van der Waals surface area (Å²) in [5, 5.41) is 0. The Labute approximate surface area is 131 Å². The third kappa shape index (κ3) is 2.90. The number of amides is 1. The number of carbonyl (C=O) groups is 2. The van der Waals surface area contributed by atoms with Gasteiger partial charge in [0.15, 0.2) is 5.78 Å². The fraction of sp³-hybridized carbons (Fsp3) is 0.176. The van der Waals surface area contributed by atoms with Crippen LogP contribution in [0.2, 0.25) is 0 Å². The van der Waals surface area contributed by atoms with E-state index in [-0.39, 0.29) is 11.7 Å². The van der Waals surface area contributed by atoms with Gasteiger partial charge in [-0.2, -0.15) is 0 Å². The van der Waals surface area contributed by atoms with Gasteiger partial charge < -0.3 is 4.90 Å². The molecule has 21 heavy (non-hydrogen) atoms. The van der Waals surface area contributed by atoms with Gasteiger partial charge in [-0.3, -0.25) is 9.59 Å². The van der Waals surface area contributed by atoms with Crippen molar-refractivity contribution in [2.24, 2.45) is 0 Å². The number of hydrogen-bond donors (Lipinski definition) is 0. The minimum absolute atomic E-state index is 0.0213. The van der Waals surface area contributed by atoms with E-state index in [4.69, 9.17) is 0 Å². The van der Waals surface area contributed by atoms with E-state index in [2.05, 4.69) is 15.9 Å². The summed E-state index contributed by atoms with van der Waals surface area (Å²) in [7, 11) is 0. The van der Waals surface area contributed by atoms with Gasteiger partial charge in [0.05, 0.1) is 12.1 Å². The van der Waals surface area contributed by atoms with Crippen molar-refractivity contribution in [1.82, 2.24) is 0 Å². The molecule has 2 aromatic carbocycles. The highest BCUT2D eigenvalue weighted by Gasteiger charge is 2.26. The molecule has 3 nitrogen and oxygen atoms in total. The van der Waals surface area contributed by atoms with Crippen molar-refractivity contribution in [2.75, 3.05) is 11.4 Å². The molecule has 1 aliphatic rings. The predicted molar refractivity (Wildman–Crippen MR) is 85.6 cm³/mol. The van der Waals surface area contributed by atoms with Gasteiger partial charge in [0.1, 0.15) is 0 Å². The second kappa shape index (κ2) is 5.82. The van der Waals surface area contributed by atoms with Crippen LogP contribution < -0.4 is 4.90 Å². The molecule has 0 N–H and O–H groups in total. The molecule has 0 saturated heterocycles. The number of para-hydroxylation sites is 1. The second-order valence-electron chi connectivity index (χ2n) is 5.04. The zero-order chi connectivity index (χ0) is 14.8. The van der Waals surface area contributed by atoms with Crippen molar-refractivity contribution in [3.8, 4) is 0 Å². The third-order valence-corrected chi connectivity index (χ3v) is 4.10. The predicted octanol–water partition coefficient (Wildman–Crippen LogP) is 3.61. The molecule has 2 aromatic rings. The number of rotatable bonds is 2. The lowest BCUT2D eigenvalue weighted by molar-refractivity contribution is -0.118. The molecule has 0 radical (unpaired) electrons. The van der Waals surface area contributed by atoms with Crippen molar-refractivity contribution in [2.45, 2.75) is 12.8 Å². The normalized spacial score (nSPS) is 14.0. The summed E-state index contributed by atoms with van der Waals surface area (Å²) in [4.78, 5) is 26.2. The highest BCUT2D eigenvalue weighted by atomic mass is 79.9. The Morgan fingerprint density at radius 2 is 1.95 bits per heavy atom.